The molecule has 0 aliphatic rings. The average molecular weight is 518 g/mol. The highest BCUT2D eigenvalue weighted by Gasteiger charge is 2.17. The van der Waals surface area contributed by atoms with Gasteiger partial charge in [0.15, 0.2) is 22.9 Å². The van der Waals surface area contributed by atoms with E-state index in [9.17, 15) is 19.5 Å². The second-order valence-electron chi connectivity index (χ2n) is 8.27. The van der Waals surface area contributed by atoms with Crippen LogP contribution in [0.4, 0.5) is 21.0 Å². The van der Waals surface area contributed by atoms with Gasteiger partial charge in [0.05, 0.1) is 11.4 Å². The minimum atomic E-state index is -1.68. The molecule has 0 bridgehead atoms. The Morgan fingerprint density at radius 3 is 2.26 bits per heavy atom. The second kappa shape index (κ2) is 10.3. The molecule has 0 spiro atoms. The van der Waals surface area contributed by atoms with Gasteiger partial charge >= 0.3 is 12.3 Å². The van der Waals surface area contributed by atoms with Gasteiger partial charge in [-0.05, 0) is 67.8 Å². The SMILES string of the molecule is Cc1ccc(-n2[nH]c(C)c(N=Nc3cccc(-c4ccc(OC(=O)O)c(OC(=O)O)c4)c3O)c2=O)cc1C. The highest BCUT2D eigenvalue weighted by molar-refractivity contribution is 5.79. The molecule has 0 saturated carbocycles. The van der Waals surface area contributed by atoms with Crippen molar-refractivity contribution in [1.29, 1.82) is 0 Å². The summed E-state index contributed by atoms with van der Waals surface area (Å²) in [5, 5.41) is 39.8. The molecular weight excluding hydrogens is 496 g/mol. The lowest BCUT2D eigenvalue weighted by Crippen LogP contribution is -2.14. The van der Waals surface area contributed by atoms with Gasteiger partial charge < -0.3 is 24.8 Å². The number of aromatic nitrogens is 2. The van der Waals surface area contributed by atoms with Crippen LogP contribution in [0.5, 0.6) is 17.2 Å². The molecule has 1 heterocycles. The lowest BCUT2D eigenvalue weighted by atomic mass is 10.0. The molecule has 0 aliphatic carbocycles. The largest absolute Gasteiger partial charge is 0.511 e. The van der Waals surface area contributed by atoms with Gasteiger partial charge in [0.1, 0.15) is 5.69 Å². The maximum atomic E-state index is 13.0. The maximum Gasteiger partial charge on any atom is 0.511 e. The number of aromatic amines is 1. The second-order valence-corrected chi connectivity index (χ2v) is 8.27. The summed E-state index contributed by atoms with van der Waals surface area (Å²) < 4.78 is 10.5. The van der Waals surface area contributed by atoms with E-state index >= 15 is 0 Å². The monoisotopic (exact) mass is 518 g/mol. The Morgan fingerprint density at radius 1 is 0.868 bits per heavy atom. The van der Waals surface area contributed by atoms with Gasteiger partial charge in [-0.25, -0.2) is 14.3 Å². The van der Waals surface area contributed by atoms with Gasteiger partial charge in [-0.15, -0.1) is 10.2 Å². The molecule has 0 amide bonds. The molecule has 0 saturated heterocycles. The number of carboxylic acid groups (broad SMARTS) is 2. The zero-order valence-electron chi connectivity index (χ0n) is 20.4. The molecule has 4 aromatic rings. The number of phenols is 1. The fourth-order valence-corrected chi connectivity index (χ4v) is 3.68. The number of nitrogens with zero attached hydrogens (tertiary/aromatic N) is 3. The highest BCUT2D eigenvalue weighted by Crippen LogP contribution is 2.41. The standard InChI is InChI=1S/C26H22N4O8/c1-13-7-9-17(11-14(13)2)30-24(32)22(15(3)29-30)28-27-19-6-4-5-18(23(19)31)16-8-10-20(37-25(33)34)21(12-16)38-26(35)36/h4-12,29,31H,1-3H3,(H,33,34)(H,35,36). The van der Waals surface area contributed by atoms with Gasteiger partial charge in [-0.3, -0.25) is 9.89 Å². The van der Waals surface area contributed by atoms with Crippen LogP contribution in [0.3, 0.4) is 0 Å². The zero-order chi connectivity index (χ0) is 27.6. The number of ether oxygens (including phenoxy) is 2. The normalized spacial score (nSPS) is 11.0. The molecule has 12 heteroatoms. The average Bonchev–Trinajstić information content (AvgIpc) is 3.14. The van der Waals surface area contributed by atoms with Crippen molar-refractivity contribution in [3.8, 4) is 34.1 Å². The number of H-pyrrole nitrogens is 1. The number of aryl methyl sites for hydroxylation is 3. The van der Waals surface area contributed by atoms with Crippen LogP contribution >= 0.6 is 0 Å². The predicted molar refractivity (Wildman–Crippen MR) is 136 cm³/mol. The molecule has 12 nitrogen and oxygen atoms in total. The van der Waals surface area contributed by atoms with E-state index < -0.39 is 23.6 Å². The minimum Gasteiger partial charge on any atom is -0.505 e. The predicted octanol–water partition coefficient (Wildman–Crippen LogP) is 5.99. The molecule has 0 fully saturated rings. The number of benzene rings is 3. The van der Waals surface area contributed by atoms with Gasteiger partial charge in [0, 0.05) is 5.56 Å². The summed E-state index contributed by atoms with van der Waals surface area (Å²) in [6.07, 6.45) is -3.34. The Balaban J connectivity index is 1.70. The van der Waals surface area contributed by atoms with Crippen LogP contribution in [0.2, 0.25) is 0 Å². The quantitative estimate of drug-likeness (QED) is 0.137. The van der Waals surface area contributed by atoms with Crippen molar-refractivity contribution in [2.45, 2.75) is 20.8 Å². The molecule has 3 aromatic carbocycles. The Kier molecular flexibility index (Phi) is 6.97. The zero-order valence-corrected chi connectivity index (χ0v) is 20.4. The van der Waals surface area contributed by atoms with Crippen molar-refractivity contribution < 1.29 is 34.4 Å². The molecule has 4 rings (SSSR count). The first-order valence-corrected chi connectivity index (χ1v) is 11.1. The van der Waals surface area contributed by atoms with E-state index in [0.29, 0.717) is 11.4 Å². The molecule has 194 valence electrons. The number of para-hydroxylation sites is 1. The van der Waals surface area contributed by atoms with E-state index in [1.807, 2.05) is 32.0 Å². The number of aromatic hydroxyl groups is 1. The highest BCUT2D eigenvalue weighted by atomic mass is 16.7. The van der Waals surface area contributed by atoms with E-state index in [1.165, 1.54) is 35.0 Å². The molecule has 1 aromatic heterocycles. The summed E-state index contributed by atoms with van der Waals surface area (Å²) in [5.74, 6) is -1.05. The van der Waals surface area contributed by atoms with Crippen LogP contribution in [0.25, 0.3) is 16.8 Å². The summed E-state index contributed by atoms with van der Waals surface area (Å²) in [7, 11) is 0. The van der Waals surface area contributed by atoms with Crippen LogP contribution in [-0.2, 0) is 0 Å². The summed E-state index contributed by atoms with van der Waals surface area (Å²) in [4.78, 5) is 35.0. The molecule has 4 N–H and O–H groups in total. The van der Waals surface area contributed by atoms with Crippen LogP contribution in [0, 0.1) is 20.8 Å². The van der Waals surface area contributed by atoms with Crippen LogP contribution in [0.1, 0.15) is 16.8 Å². The number of hydrogen-bond acceptors (Lipinski definition) is 8. The van der Waals surface area contributed by atoms with E-state index in [1.54, 1.807) is 13.0 Å². The first kappa shape index (κ1) is 25.7. The van der Waals surface area contributed by atoms with Crippen molar-refractivity contribution in [2.75, 3.05) is 0 Å². The maximum absolute atomic E-state index is 13.0. The van der Waals surface area contributed by atoms with Crippen LogP contribution < -0.4 is 15.0 Å². The third kappa shape index (κ3) is 5.23. The summed E-state index contributed by atoms with van der Waals surface area (Å²) in [6, 6.07) is 14.0. The molecule has 0 atom stereocenters. The fourth-order valence-electron chi connectivity index (χ4n) is 3.68. The number of azo groups is 1. The molecule has 0 aliphatic heterocycles. The first-order valence-electron chi connectivity index (χ1n) is 11.1. The van der Waals surface area contributed by atoms with Crippen LogP contribution in [-0.4, -0.2) is 37.4 Å². The summed E-state index contributed by atoms with van der Waals surface area (Å²) in [6.45, 7) is 5.59. The van der Waals surface area contributed by atoms with Gasteiger partial charge in [0.25, 0.3) is 5.56 Å². The van der Waals surface area contributed by atoms with Crippen molar-refractivity contribution in [1.82, 2.24) is 9.78 Å². The Labute approximate surface area is 215 Å². The lowest BCUT2D eigenvalue weighted by Gasteiger charge is -2.11. The molecule has 0 radical (unpaired) electrons. The van der Waals surface area contributed by atoms with Gasteiger partial charge in [0.2, 0.25) is 0 Å². The van der Waals surface area contributed by atoms with Gasteiger partial charge in [-0.1, -0.05) is 24.3 Å². The molecule has 38 heavy (non-hydrogen) atoms. The summed E-state index contributed by atoms with van der Waals surface area (Å²) >= 11 is 0. The van der Waals surface area contributed by atoms with Crippen LogP contribution in [0.15, 0.2) is 69.6 Å². The van der Waals surface area contributed by atoms with Crippen molar-refractivity contribution in [3.63, 3.8) is 0 Å². The number of phenolic OH excluding ortho intramolecular Hbond substituents is 1. The van der Waals surface area contributed by atoms with E-state index in [-0.39, 0.29) is 34.0 Å². The fraction of sp³-hybridized carbons (Fsp3) is 0.115. The Bertz CT molecular complexity index is 1650. The smallest absolute Gasteiger partial charge is 0.505 e. The van der Waals surface area contributed by atoms with Crippen molar-refractivity contribution >= 4 is 23.7 Å². The Hall–Kier alpha value is -5.39. The Morgan fingerprint density at radius 2 is 1.58 bits per heavy atom. The van der Waals surface area contributed by atoms with Crippen molar-refractivity contribution in [3.05, 3.63) is 81.8 Å². The first-order chi connectivity index (χ1) is 18.0. The number of rotatable bonds is 6. The third-order valence-corrected chi connectivity index (χ3v) is 5.71. The minimum absolute atomic E-state index is 0.0341. The number of carbonyl (C=O) groups is 2. The molecule has 0 unspecified atom stereocenters. The topological polar surface area (TPSA) is 176 Å². The molecular formula is C26H22N4O8. The lowest BCUT2D eigenvalue weighted by molar-refractivity contribution is 0.132. The van der Waals surface area contributed by atoms with E-state index in [2.05, 4.69) is 24.8 Å². The van der Waals surface area contributed by atoms with E-state index in [4.69, 9.17) is 10.2 Å². The summed E-state index contributed by atoms with van der Waals surface area (Å²) in [5.41, 5.74) is 3.39. The number of nitrogens with one attached hydrogen (secondary N) is 1. The van der Waals surface area contributed by atoms with Gasteiger partial charge in [-0.2, -0.15) is 0 Å². The third-order valence-electron chi connectivity index (χ3n) is 5.71. The van der Waals surface area contributed by atoms with Crippen molar-refractivity contribution in [2.24, 2.45) is 10.2 Å². The van der Waals surface area contributed by atoms with E-state index in [0.717, 1.165) is 11.1 Å². The number of hydrogen-bond donors (Lipinski definition) is 4.